The fraction of sp³-hybridized carbons (Fsp3) is 0.143. The van der Waals surface area contributed by atoms with E-state index in [0.717, 1.165) is 6.26 Å². The summed E-state index contributed by atoms with van der Waals surface area (Å²) in [5.74, 6) is 0.647. The van der Waals surface area contributed by atoms with Gasteiger partial charge in [0.15, 0.2) is 0 Å². The lowest BCUT2D eigenvalue weighted by molar-refractivity contribution is 0.415. The smallest absolute Gasteiger partial charge is 0.238 e. The standard InChI is InChI=1S/C14H17N3O5S2/c1-22-11-5-3-10(4-6-11)16-14-9-12(24(15,20)21)7-8-13(14)17-23(2,18)19/h3-9,16-17H,1-2H3,(H2,15,20,21). The molecule has 2 aromatic carbocycles. The summed E-state index contributed by atoms with van der Waals surface area (Å²) in [6.45, 7) is 0. The predicted molar refractivity (Wildman–Crippen MR) is 92.6 cm³/mol. The second-order valence-electron chi connectivity index (χ2n) is 4.98. The molecule has 0 aliphatic heterocycles. The van der Waals surface area contributed by atoms with Crippen LogP contribution in [-0.4, -0.2) is 30.2 Å². The van der Waals surface area contributed by atoms with E-state index in [2.05, 4.69) is 10.0 Å². The molecule has 24 heavy (non-hydrogen) atoms. The third-order valence-corrected chi connectivity index (χ3v) is 4.49. The van der Waals surface area contributed by atoms with Crippen LogP contribution in [0.2, 0.25) is 0 Å². The maximum Gasteiger partial charge on any atom is 0.238 e. The Morgan fingerprint density at radius 2 is 1.58 bits per heavy atom. The molecule has 2 rings (SSSR count). The number of ether oxygens (including phenoxy) is 1. The van der Waals surface area contributed by atoms with E-state index in [1.807, 2.05) is 0 Å². The fourth-order valence-corrected chi connectivity index (χ4v) is 3.04. The number of rotatable bonds is 6. The summed E-state index contributed by atoms with van der Waals surface area (Å²) in [6.07, 6.45) is 0.998. The van der Waals surface area contributed by atoms with Crippen LogP contribution in [0.1, 0.15) is 0 Å². The second-order valence-corrected chi connectivity index (χ2v) is 8.29. The number of hydrogen-bond acceptors (Lipinski definition) is 6. The van der Waals surface area contributed by atoms with Gasteiger partial charge in [-0.3, -0.25) is 4.72 Å². The first-order chi connectivity index (χ1) is 11.1. The molecule has 4 N–H and O–H groups in total. The summed E-state index contributed by atoms with van der Waals surface area (Å²) in [6, 6.07) is 10.6. The van der Waals surface area contributed by atoms with E-state index in [0.29, 0.717) is 11.4 Å². The number of anilines is 3. The highest BCUT2D eigenvalue weighted by Gasteiger charge is 2.14. The first kappa shape index (κ1) is 18.0. The fourth-order valence-electron chi connectivity index (χ4n) is 1.92. The van der Waals surface area contributed by atoms with Crippen LogP contribution in [0.15, 0.2) is 47.4 Å². The topological polar surface area (TPSA) is 128 Å². The molecule has 8 nitrogen and oxygen atoms in total. The van der Waals surface area contributed by atoms with E-state index in [4.69, 9.17) is 9.88 Å². The van der Waals surface area contributed by atoms with E-state index >= 15 is 0 Å². The molecule has 0 radical (unpaired) electrons. The maximum atomic E-state index is 11.5. The summed E-state index contributed by atoms with van der Waals surface area (Å²) in [5, 5.41) is 8.08. The van der Waals surface area contributed by atoms with Gasteiger partial charge in [-0.05, 0) is 42.5 Å². The number of hydrogen-bond donors (Lipinski definition) is 3. The first-order valence-corrected chi connectivity index (χ1v) is 10.1. The molecule has 0 unspecified atom stereocenters. The number of sulfonamides is 2. The predicted octanol–water partition coefficient (Wildman–Crippen LogP) is 1.46. The lowest BCUT2D eigenvalue weighted by Crippen LogP contribution is -2.14. The van der Waals surface area contributed by atoms with Crippen molar-refractivity contribution in [2.24, 2.45) is 5.14 Å². The Labute approximate surface area is 140 Å². The van der Waals surface area contributed by atoms with Crippen LogP contribution in [0.5, 0.6) is 5.75 Å². The summed E-state index contributed by atoms with van der Waals surface area (Å²) in [4.78, 5) is -0.141. The molecule has 0 saturated carbocycles. The van der Waals surface area contributed by atoms with Gasteiger partial charge >= 0.3 is 0 Å². The number of nitrogens with one attached hydrogen (secondary N) is 2. The molecular weight excluding hydrogens is 354 g/mol. The Balaban J connectivity index is 2.46. The van der Waals surface area contributed by atoms with Crippen molar-refractivity contribution < 1.29 is 21.6 Å². The summed E-state index contributed by atoms with van der Waals surface area (Å²) >= 11 is 0. The minimum Gasteiger partial charge on any atom is -0.497 e. The highest BCUT2D eigenvalue weighted by molar-refractivity contribution is 7.92. The zero-order chi connectivity index (χ0) is 18.0. The highest BCUT2D eigenvalue weighted by Crippen LogP contribution is 2.29. The van der Waals surface area contributed by atoms with E-state index in [-0.39, 0.29) is 16.3 Å². The van der Waals surface area contributed by atoms with Gasteiger partial charge in [-0.25, -0.2) is 22.0 Å². The molecule has 0 amide bonds. The van der Waals surface area contributed by atoms with Gasteiger partial charge < -0.3 is 10.1 Å². The SMILES string of the molecule is COc1ccc(Nc2cc(S(N)(=O)=O)ccc2NS(C)(=O)=O)cc1. The highest BCUT2D eigenvalue weighted by atomic mass is 32.2. The molecule has 0 aromatic heterocycles. The van der Waals surface area contributed by atoms with Gasteiger partial charge in [0.25, 0.3) is 0 Å². The molecule has 0 heterocycles. The van der Waals surface area contributed by atoms with Crippen molar-refractivity contribution in [1.29, 1.82) is 0 Å². The van der Waals surface area contributed by atoms with Crippen LogP contribution < -0.4 is 19.9 Å². The number of nitrogens with two attached hydrogens (primary N) is 1. The lowest BCUT2D eigenvalue weighted by atomic mass is 10.2. The molecule has 0 atom stereocenters. The zero-order valence-electron chi connectivity index (χ0n) is 13.0. The van der Waals surface area contributed by atoms with Crippen LogP contribution in [0.3, 0.4) is 0 Å². The molecule has 0 spiro atoms. The van der Waals surface area contributed by atoms with Crippen molar-refractivity contribution in [2.75, 3.05) is 23.4 Å². The molecular formula is C14H17N3O5S2. The Bertz CT molecular complexity index is 939. The maximum absolute atomic E-state index is 11.5. The van der Waals surface area contributed by atoms with Crippen molar-refractivity contribution in [1.82, 2.24) is 0 Å². The summed E-state index contributed by atoms with van der Waals surface area (Å²) in [7, 11) is -5.93. The minimum atomic E-state index is -3.93. The Morgan fingerprint density at radius 3 is 2.08 bits per heavy atom. The number of primary sulfonamides is 1. The number of benzene rings is 2. The quantitative estimate of drug-likeness (QED) is 0.705. The molecule has 10 heteroatoms. The van der Waals surface area contributed by atoms with E-state index in [1.165, 1.54) is 25.3 Å². The summed E-state index contributed by atoms with van der Waals surface area (Å²) in [5.41, 5.74) is 1.05. The zero-order valence-corrected chi connectivity index (χ0v) is 14.6. The van der Waals surface area contributed by atoms with E-state index in [1.54, 1.807) is 24.3 Å². The van der Waals surface area contributed by atoms with Gasteiger partial charge in [-0.2, -0.15) is 0 Å². The van der Waals surface area contributed by atoms with Crippen LogP contribution in [0, 0.1) is 0 Å². The first-order valence-electron chi connectivity index (χ1n) is 6.64. The van der Waals surface area contributed by atoms with Crippen molar-refractivity contribution >= 4 is 37.1 Å². The van der Waals surface area contributed by atoms with Gasteiger partial charge in [0.2, 0.25) is 20.0 Å². The molecule has 0 bridgehead atoms. The van der Waals surface area contributed by atoms with Gasteiger partial charge in [0.05, 0.1) is 29.6 Å². The minimum absolute atomic E-state index is 0.141. The third-order valence-electron chi connectivity index (χ3n) is 2.98. The van der Waals surface area contributed by atoms with Crippen molar-refractivity contribution in [3.05, 3.63) is 42.5 Å². The molecule has 0 aliphatic rings. The number of methoxy groups -OCH3 is 1. The van der Waals surface area contributed by atoms with Gasteiger partial charge in [-0.1, -0.05) is 0 Å². The van der Waals surface area contributed by atoms with Crippen LogP contribution >= 0.6 is 0 Å². The molecule has 0 fully saturated rings. The largest absolute Gasteiger partial charge is 0.497 e. The van der Waals surface area contributed by atoms with Gasteiger partial charge in [0.1, 0.15) is 5.75 Å². The van der Waals surface area contributed by atoms with Crippen molar-refractivity contribution in [2.45, 2.75) is 4.90 Å². The monoisotopic (exact) mass is 371 g/mol. The molecule has 0 saturated heterocycles. The molecule has 130 valence electrons. The van der Waals surface area contributed by atoms with Crippen LogP contribution in [0.4, 0.5) is 17.1 Å². The summed E-state index contributed by atoms with van der Waals surface area (Å²) < 4.78 is 53.3. The normalized spacial score (nSPS) is 11.8. The average Bonchev–Trinajstić information content (AvgIpc) is 2.47. The Morgan fingerprint density at radius 1 is 0.958 bits per heavy atom. The average molecular weight is 371 g/mol. The second kappa shape index (κ2) is 6.67. The third kappa shape index (κ3) is 4.85. The van der Waals surface area contributed by atoms with E-state index < -0.39 is 20.0 Å². The van der Waals surface area contributed by atoms with Crippen LogP contribution in [-0.2, 0) is 20.0 Å². The van der Waals surface area contributed by atoms with Gasteiger partial charge in [0, 0.05) is 5.69 Å². The lowest BCUT2D eigenvalue weighted by Gasteiger charge is -2.14. The van der Waals surface area contributed by atoms with E-state index in [9.17, 15) is 16.8 Å². The molecule has 2 aromatic rings. The molecule has 0 aliphatic carbocycles. The Hall–Kier alpha value is -2.30. The van der Waals surface area contributed by atoms with Gasteiger partial charge in [-0.15, -0.1) is 0 Å². The van der Waals surface area contributed by atoms with Crippen molar-refractivity contribution in [3.8, 4) is 5.75 Å². The Kier molecular flexibility index (Phi) is 5.02. The van der Waals surface area contributed by atoms with Crippen LogP contribution in [0.25, 0.3) is 0 Å². The van der Waals surface area contributed by atoms with Crippen molar-refractivity contribution in [3.63, 3.8) is 0 Å².